The molecule has 92 valence electrons. The minimum atomic E-state index is -0.0810. The fourth-order valence-electron chi connectivity index (χ4n) is 2.88. The Morgan fingerprint density at radius 3 is 2.65 bits per heavy atom. The highest BCUT2D eigenvalue weighted by molar-refractivity contribution is 5.78. The first-order valence-corrected chi connectivity index (χ1v) is 6.37. The molecule has 0 N–H and O–H groups in total. The van der Waals surface area contributed by atoms with Gasteiger partial charge in [0.25, 0.3) is 0 Å². The van der Waals surface area contributed by atoms with Gasteiger partial charge >= 0.3 is 5.97 Å². The predicted molar refractivity (Wildman–Crippen MR) is 67.9 cm³/mol. The van der Waals surface area contributed by atoms with Gasteiger partial charge in [0.2, 0.25) is 0 Å². The van der Waals surface area contributed by atoms with Crippen LogP contribution < -0.4 is 0 Å². The Morgan fingerprint density at radius 1 is 1.35 bits per heavy atom. The van der Waals surface area contributed by atoms with E-state index in [1.54, 1.807) is 0 Å². The van der Waals surface area contributed by atoms with Crippen LogP contribution in [0.1, 0.15) is 42.7 Å². The lowest BCUT2D eigenvalue weighted by Gasteiger charge is -2.21. The molecule has 0 radical (unpaired) electrons. The largest absolute Gasteiger partial charge is 0.469 e. The van der Waals surface area contributed by atoms with Gasteiger partial charge in [0.15, 0.2) is 0 Å². The van der Waals surface area contributed by atoms with Crippen molar-refractivity contribution in [3.63, 3.8) is 0 Å². The molecule has 1 aromatic carbocycles. The third-order valence-electron chi connectivity index (χ3n) is 3.73. The maximum Gasteiger partial charge on any atom is 0.313 e. The molecule has 1 saturated carbocycles. The lowest BCUT2D eigenvalue weighted by molar-refractivity contribution is -0.143. The van der Waals surface area contributed by atoms with E-state index in [9.17, 15) is 4.79 Å². The second-order valence-corrected chi connectivity index (χ2v) is 4.96. The van der Waals surface area contributed by atoms with Crippen molar-refractivity contribution in [3.8, 4) is 0 Å². The highest BCUT2D eigenvalue weighted by atomic mass is 16.5. The molecule has 0 aromatic heterocycles. The number of carbonyl (C=O) groups is 1. The number of hydrogen-bond donors (Lipinski definition) is 0. The minimum absolute atomic E-state index is 0.0672. The maximum atomic E-state index is 12.0. The van der Waals surface area contributed by atoms with Gasteiger partial charge in [0.1, 0.15) is 0 Å². The second kappa shape index (κ2) is 5.35. The van der Waals surface area contributed by atoms with Crippen LogP contribution in [0.5, 0.6) is 0 Å². The van der Waals surface area contributed by atoms with Crippen molar-refractivity contribution in [1.82, 2.24) is 0 Å². The Labute approximate surface area is 103 Å². The number of aryl methyl sites for hydroxylation is 1. The molecule has 0 amide bonds. The number of esters is 1. The molecule has 1 aliphatic carbocycles. The molecule has 2 heteroatoms. The van der Waals surface area contributed by atoms with Crippen molar-refractivity contribution in [2.45, 2.75) is 38.5 Å². The lowest BCUT2D eigenvalue weighted by atomic mass is 9.84. The quantitative estimate of drug-likeness (QED) is 0.746. The molecule has 0 heterocycles. The van der Waals surface area contributed by atoms with Crippen LogP contribution in [0.2, 0.25) is 0 Å². The van der Waals surface area contributed by atoms with Gasteiger partial charge in [-0.1, -0.05) is 42.7 Å². The van der Waals surface area contributed by atoms with Crippen LogP contribution in [-0.2, 0) is 9.53 Å². The Balaban J connectivity index is 2.29. The average molecular weight is 232 g/mol. The summed E-state index contributed by atoms with van der Waals surface area (Å²) < 4.78 is 4.98. The van der Waals surface area contributed by atoms with Crippen molar-refractivity contribution in [3.05, 3.63) is 35.4 Å². The minimum Gasteiger partial charge on any atom is -0.469 e. The first-order chi connectivity index (χ1) is 8.22. The third kappa shape index (κ3) is 2.68. The Bertz CT molecular complexity index is 392. The zero-order valence-electron chi connectivity index (χ0n) is 10.6. The van der Waals surface area contributed by atoms with Crippen LogP contribution in [0.3, 0.4) is 0 Å². The molecule has 0 saturated heterocycles. The summed E-state index contributed by atoms with van der Waals surface area (Å²) in [6.07, 6.45) is 4.77. The molecule has 1 aliphatic rings. The number of methoxy groups -OCH3 is 1. The van der Waals surface area contributed by atoms with Crippen LogP contribution in [0, 0.1) is 12.8 Å². The van der Waals surface area contributed by atoms with Gasteiger partial charge in [-0.25, -0.2) is 0 Å². The number of carbonyl (C=O) groups excluding carboxylic acids is 1. The predicted octanol–water partition coefficient (Wildman–Crippen LogP) is 3.44. The number of benzene rings is 1. The summed E-state index contributed by atoms with van der Waals surface area (Å²) in [5, 5.41) is 0. The Morgan fingerprint density at radius 2 is 2.06 bits per heavy atom. The smallest absolute Gasteiger partial charge is 0.313 e. The summed E-state index contributed by atoms with van der Waals surface area (Å²) in [4.78, 5) is 12.0. The van der Waals surface area contributed by atoms with Gasteiger partial charge in [0, 0.05) is 0 Å². The summed E-state index contributed by atoms with van der Waals surface area (Å²) in [6.45, 7) is 2.06. The highest BCUT2D eigenvalue weighted by Gasteiger charge is 2.32. The third-order valence-corrected chi connectivity index (χ3v) is 3.73. The average Bonchev–Trinajstić information content (AvgIpc) is 2.83. The van der Waals surface area contributed by atoms with Gasteiger partial charge < -0.3 is 4.74 Å². The van der Waals surface area contributed by atoms with Gasteiger partial charge in [-0.15, -0.1) is 0 Å². The van der Waals surface area contributed by atoms with Gasteiger partial charge in [-0.2, -0.15) is 0 Å². The summed E-state index contributed by atoms with van der Waals surface area (Å²) in [5.41, 5.74) is 2.32. The van der Waals surface area contributed by atoms with Crippen molar-refractivity contribution in [2.24, 2.45) is 5.92 Å². The lowest BCUT2D eigenvalue weighted by Crippen LogP contribution is -2.21. The fourth-order valence-corrected chi connectivity index (χ4v) is 2.88. The van der Waals surface area contributed by atoms with Gasteiger partial charge in [-0.05, 0) is 31.2 Å². The van der Waals surface area contributed by atoms with Crippen molar-refractivity contribution in [1.29, 1.82) is 0 Å². The zero-order valence-corrected chi connectivity index (χ0v) is 10.6. The first-order valence-electron chi connectivity index (χ1n) is 6.37. The van der Waals surface area contributed by atoms with Crippen molar-refractivity contribution >= 4 is 5.97 Å². The highest BCUT2D eigenvalue weighted by Crippen LogP contribution is 2.38. The molecule has 2 nitrogen and oxygen atoms in total. The molecule has 1 fully saturated rings. The standard InChI is InChI=1S/C15H20O2/c1-11-6-5-9-13(10-11)14(15(16)17-2)12-7-3-4-8-12/h5-6,9-10,12,14H,3-4,7-8H2,1-2H3. The number of rotatable bonds is 3. The summed E-state index contributed by atoms with van der Waals surface area (Å²) in [5.74, 6) is 0.314. The summed E-state index contributed by atoms with van der Waals surface area (Å²) in [6, 6.07) is 8.24. The van der Waals surface area contributed by atoms with E-state index in [4.69, 9.17) is 4.74 Å². The van der Waals surface area contributed by atoms with Crippen molar-refractivity contribution in [2.75, 3.05) is 7.11 Å². The second-order valence-electron chi connectivity index (χ2n) is 4.96. The van der Waals surface area contributed by atoms with E-state index < -0.39 is 0 Å². The van der Waals surface area contributed by atoms with E-state index in [1.807, 2.05) is 12.1 Å². The molecule has 0 bridgehead atoms. The fraction of sp³-hybridized carbons (Fsp3) is 0.533. The molecular formula is C15H20O2. The molecule has 1 atom stereocenters. The molecule has 0 aliphatic heterocycles. The number of hydrogen-bond acceptors (Lipinski definition) is 2. The zero-order chi connectivity index (χ0) is 12.3. The van der Waals surface area contributed by atoms with Crippen LogP contribution in [0.4, 0.5) is 0 Å². The topological polar surface area (TPSA) is 26.3 Å². The Hall–Kier alpha value is -1.31. The molecule has 1 unspecified atom stereocenters. The number of ether oxygens (including phenoxy) is 1. The van der Waals surface area contributed by atoms with Crippen molar-refractivity contribution < 1.29 is 9.53 Å². The van der Waals surface area contributed by atoms with Crippen LogP contribution >= 0.6 is 0 Å². The summed E-state index contributed by atoms with van der Waals surface area (Å²) in [7, 11) is 1.49. The van der Waals surface area contributed by atoms with E-state index in [0.717, 1.165) is 18.4 Å². The Kier molecular flexibility index (Phi) is 3.82. The van der Waals surface area contributed by atoms with Crippen LogP contribution in [0.25, 0.3) is 0 Å². The molecule has 17 heavy (non-hydrogen) atoms. The SMILES string of the molecule is COC(=O)C(c1cccc(C)c1)C1CCCC1. The van der Waals surface area contributed by atoms with E-state index in [1.165, 1.54) is 25.5 Å². The van der Waals surface area contributed by atoms with Gasteiger partial charge in [0.05, 0.1) is 13.0 Å². The molecule has 1 aromatic rings. The van der Waals surface area contributed by atoms with Crippen LogP contribution in [-0.4, -0.2) is 13.1 Å². The monoisotopic (exact) mass is 232 g/mol. The van der Waals surface area contributed by atoms with E-state index in [0.29, 0.717) is 5.92 Å². The normalized spacial score (nSPS) is 18.0. The molecule has 2 rings (SSSR count). The van der Waals surface area contributed by atoms with E-state index >= 15 is 0 Å². The first kappa shape index (κ1) is 12.2. The van der Waals surface area contributed by atoms with Crippen LogP contribution in [0.15, 0.2) is 24.3 Å². The summed E-state index contributed by atoms with van der Waals surface area (Å²) >= 11 is 0. The molecular weight excluding hydrogens is 212 g/mol. The van der Waals surface area contributed by atoms with Gasteiger partial charge in [-0.3, -0.25) is 4.79 Å². The molecule has 0 spiro atoms. The van der Waals surface area contributed by atoms with E-state index in [2.05, 4.69) is 19.1 Å². The van der Waals surface area contributed by atoms with E-state index in [-0.39, 0.29) is 11.9 Å². The maximum absolute atomic E-state index is 12.0.